The van der Waals surface area contributed by atoms with Crippen LogP contribution in [0.5, 0.6) is 5.75 Å². The van der Waals surface area contributed by atoms with E-state index >= 15 is 0 Å². The van der Waals surface area contributed by atoms with E-state index in [1.807, 2.05) is 49.6 Å². The highest BCUT2D eigenvalue weighted by molar-refractivity contribution is 5.91. The molecule has 0 saturated carbocycles. The summed E-state index contributed by atoms with van der Waals surface area (Å²) in [6.07, 6.45) is 2.04. The lowest BCUT2D eigenvalue weighted by Crippen LogP contribution is -2.26. The zero-order valence-electron chi connectivity index (χ0n) is 22.8. The van der Waals surface area contributed by atoms with Crippen LogP contribution in [-0.4, -0.2) is 38.6 Å². The molecule has 0 aliphatic heterocycles. The maximum absolute atomic E-state index is 12.8. The minimum Gasteiger partial charge on any atom is -0.484 e. The number of imidazole rings is 1. The average Bonchev–Trinajstić information content (AvgIpc) is 3.14. The Labute approximate surface area is 213 Å². The third-order valence-corrected chi connectivity index (χ3v) is 5.75. The Morgan fingerprint density at radius 1 is 1.08 bits per heavy atom. The topological polar surface area (TPSA) is 114 Å². The van der Waals surface area contributed by atoms with Crippen LogP contribution in [-0.2, 0) is 10.3 Å². The van der Waals surface area contributed by atoms with Crippen molar-refractivity contribution in [2.24, 2.45) is 5.41 Å². The van der Waals surface area contributed by atoms with Gasteiger partial charge in [0.25, 0.3) is 11.5 Å². The third-order valence-electron chi connectivity index (χ3n) is 5.75. The Hall–Kier alpha value is -3.36. The van der Waals surface area contributed by atoms with Gasteiger partial charge < -0.3 is 10.1 Å². The molecule has 0 atom stereocenters. The molecule has 3 N–H and O–H groups in total. The maximum atomic E-state index is 12.8. The van der Waals surface area contributed by atoms with Gasteiger partial charge >= 0.3 is 0 Å². The number of nitrogens with one attached hydrogen (secondary N) is 3. The average molecular weight is 497 g/mol. The van der Waals surface area contributed by atoms with E-state index in [0.717, 1.165) is 19.4 Å². The number of carbonyl (C=O) groups is 1. The number of carbonyl (C=O) groups excluding carboxylic acids is 1. The number of H-pyrrole nitrogens is 1. The van der Waals surface area contributed by atoms with Crippen LogP contribution in [0.15, 0.2) is 29.1 Å². The van der Waals surface area contributed by atoms with E-state index in [2.05, 4.69) is 60.2 Å². The smallest absolute Gasteiger partial charge is 0.280 e. The lowest BCUT2D eigenvalue weighted by molar-refractivity contribution is -0.118. The molecular formula is C27H40N6O3. The van der Waals surface area contributed by atoms with E-state index < -0.39 is 17.0 Å². The van der Waals surface area contributed by atoms with Crippen molar-refractivity contribution >= 4 is 29.0 Å². The third kappa shape index (κ3) is 7.08. The number of aromatic nitrogens is 4. The normalized spacial score (nSPS) is 12.2. The summed E-state index contributed by atoms with van der Waals surface area (Å²) in [7, 11) is 0. The Bertz CT molecular complexity index is 1240. The number of hydrogen-bond acceptors (Lipinski definition) is 6. The van der Waals surface area contributed by atoms with Crippen molar-refractivity contribution in [2.75, 3.05) is 23.8 Å². The summed E-state index contributed by atoms with van der Waals surface area (Å²) in [5.41, 5.74) is 1.27. The fourth-order valence-electron chi connectivity index (χ4n) is 3.87. The van der Waals surface area contributed by atoms with Crippen molar-refractivity contribution < 1.29 is 9.53 Å². The number of fused-ring (bicyclic) bond motifs is 1. The highest BCUT2D eigenvalue weighted by Gasteiger charge is 2.25. The molecule has 36 heavy (non-hydrogen) atoms. The summed E-state index contributed by atoms with van der Waals surface area (Å²) in [6, 6.07) is 7.64. The monoisotopic (exact) mass is 496 g/mol. The number of hydrogen-bond donors (Lipinski definition) is 3. The summed E-state index contributed by atoms with van der Waals surface area (Å²) in [6.45, 7) is 17.5. The van der Waals surface area contributed by atoms with E-state index in [0.29, 0.717) is 23.3 Å². The summed E-state index contributed by atoms with van der Waals surface area (Å²) in [5, 5.41) is 6.01. The SMILES string of the molecule is CC(C)c1ccc(OCC(=O)Nc2nc3c(nc(NCCCC(C)(C)C)n3C(C)(C)C)c(=O)[nH]2)cc1. The number of rotatable bonds is 9. The number of anilines is 2. The first kappa shape index (κ1) is 27.2. The molecule has 1 amide bonds. The minimum atomic E-state index is -0.423. The van der Waals surface area contributed by atoms with Crippen LogP contribution in [0.25, 0.3) is 11.2 Å². The van der Waals surface area contributed by atoms with Gasteiger partial charge in [0.1, 0.15) is 5.75 Å². The van der Waals surface area contributed by atoms with Crippen molar-refractivity contribution in [3.63, 3.8) is 0 Å². The molecule has 2 heterocycles. The second kappa shape index (κ2) is 10.7. The van der Waals surface area contributed by atoms with E-state index in [-0.39, 0.29) is 23.5 Å². The first-order chi connectivity index (χ1) is 16.7. The van der Waals surface area contributed by atoms with Crippen LogP contribution in [0.3, 0.4) is 0 Å². The van der Waals surface area contributed by atoms with Gasteiger partial charge in [-0.1, -0.05) is 46.8 Å². The number of ether oxygens (including phenoxy) is 1. The van der Waals surface area contributed by atoms with Gasteiger partial charge in [0, 0.05) is 12.1 Å². The molecule has 0 saturated heterocycles. The van der Waals surface area contributed by atoms with Crippen LogP contribution in [0.1, 0.15) is 79.7 Å². The molecule has 9 heteroatoms. The largest absolute Gasteiger partial charge is 0.484 e. The Morgan fingerprint density at radius 3 is 2.33 bits per heavy atom. The van der Waals surface area contributed by atoms with Crippen molar-refractivity contribution in [3.8, 4) is 5.75 Å². The van der Waals surface area contributed by atoms with Crippen molar-refractivity contribution in [1.82, 2.24) is 19.5 Å². The van der Waals surface area contributed by atoms with E-state index in [9.17, 15) is 9.59 Å². The molecule has 196 valence electrons. The maximum Gasteiger partial charge on any atom is 0.280 e. The van der Waals surface area contributed by atoms with Gasteiger partial charge in [-0.3, -0.25) is 24.5 Å². The standard InChI is InChI=1S/C27H40N6O3/c1-17(2)18-10-12-19(13-11-18)36-16-20(34)29-24-31-22-21(23(35)32-24)30-25(33(22)27(6,7)8)28-15-9-14-26(3,4)5/h10-13,17H,9,14-16H2,1-8H3,(H,28,30)(H2,29,31,32,34,35). The van der Waals surface area contributed by atoms with E-state index in [1.165, 1.54) is 5.56 Å². The molecule has 0 unspecified atom stereocenters. The lowest BCUT2D eigenvalue weighted by atomic mass is 9.91. The second-order valence-corrected chi connectivity index (χ2v) is 11.7. The van der Waals surface area contributed by atoms with Gasteiger partial charge in [0.15, 0.2) is 17.8 Å². The van der Waals surface area contributed by atoms with Gasteiger partial charge in [0.05, 0.1) is 0 Å². The lowest BCUT2D eigenvalue weighted by Gasteiger charge is -2.24. The predicted molar refractivity (Wildman–Crippen MR) is 145 cm³/mol. The zero-order chi connectivity index (χ0) is 26.7. The first-order valence-electron chi connectivity index (χ1n) is 12.5. The quantitative estimate of drug-likeness (QED) is 0.349. The molecule has 0 aliphatic carbocycles. The van der Waals surface area contributed by atoms with Gasteiger partial charge in [-0.15, -0.1) is 0 Å². The summed E-state index contributed by atoms with van der Waals surface area (Å²) in [5.74, 6) is 1.23. The Balaban J connectivity index is 1.76. The Morgan fingerprint density at radius 2 is 1.75 bits per heavy atom. The molecule has 9 nitrogen and oxygen atoms in total. The van der Waals surface area contributed by atoms with Gasteiger partial charge in [0.2, 0.25) is 11.9 Å². The highest BCUT2D eigenvalue weighted by atomic mass is 16.5. The molecule has 0 fully saturated rings. The van der Waals surface area contributed by atoms with Crippen LogP contribution < -0.4 is 20.9 Å². The molecule has 3 rings (SSSR count). The zero-order valence-corrected chi connectivity index (χ0v) is 22.8. The summed E-state index contributed by atoms with van der Waals surface area (Å²) < 4.78 is 7.49. The van der Waals surface area contributed by atoms with Crippen LogP contribution in [0.4, 0.5) is 11.9 Å². The molecule has 0 radical (unpaired) electrons. The molecule has 0 aliphatic rings. The molecule has 3 aromatic rings. The van der Waals surface area contributed by atoms with Crippen molar-refractivity contribution in [2.45, 2.75) is 79.7 Å². The predicted octanol–water partition coefficient (Wildman–Crippen LogP) is 5.25. The number of nitrogens with zero attached hydrogens (tertiary/aromatic N) is 3. The number of amides is 1. The molecule has 0 bridgehead atoms. The van der Waals surface area contributed by atoms with Crippen molar-refractivity contribution in [3.05, 3.63) is 40.2 Å². The van der Waals surface area contributed by atoms with Gasteiger partial charge in [-0.25, -0.2) is 4.98 Å². The van der Waals surface area contributed by atoms with E-state index in [1.54, 1.807) is 0 Å². The van der Waals surface area contributed by atoms with Crippen LogP contribution >= 0.6 is 0 Å². The molecule has 1 aromatic carbocycles. The van der Waals surface area contributed by atoms with Crippen molar-refractivity contribution in [1.29, 1.82) is 0 Å². The summed E-state index contributed by atoms with van der Waals surface area (Å²) in [4.78, 5) is 37.0. The first-order valence-corrected chi connectivity index (χ1v) is 12.5. The molecular weight excluding hydrogens is 456 g/mol. The van der Waals surface area contributed by atoms with E-state index in [4.69, 9.17) is 4.74 Å². The molecule has 0 spiro atoms. The van der Waals surface area contributed by atoms with Crippen LogP contribution in [0, 0.1) is 5.41 Å². The second-order valence-electron chi connectivity index (χ2n) is 11.7. The molecule has 2 aromatic heterocycles. The fraction of sp³-hybridized carbons (Fsp3) is 0.556. The fourth-order valence-corrected chi connectivity index (χ4v) is 3.87. The Kier molecular flexibility index (Phi) is 8.11. The van der Waals surface area contributed by atoms with Gasteiger partial charge in [-0.05, 0) is 62.6 Å². The van der Waals surface area contributed by atoms with Crippen LogP contribution in [0.2, 0.25) is 0 Å². The number of benzene rings is 1. The number of aromatic amines is 1. The summed E-state index contributed by atoms with van der Waals surface area (Å²) >= 11 is 0. The highest BCUT2D eigenvalue weighted by Crippen LogP contribution is 2.27. The van der Waals surface area contributed by atoms with Gasteiger partial charge in [-0.2, -0.15) is 4.98 Å². The minimum absolute atomic E-state index is 0.0564.